The van der Waals surface area contributed by atoms with Crippen molar-refractivity contribution in [3.05, 3.63) is 35.9 Å². The van der Waals surface area contributed by atoms with Crippen molar-refractivity contribution >= 4 is 20.0 Å². The van der Waals surface area contributed by atoms with Gasteiger partial charge in [-0.2, -0.15) is 0 Å². The SMILES string of the molecule is O=C(O)CCC(Cc1ccccc1)(C[PH](=O)O)C(=O)O. The molecule has 2 atom stereocenters. The molecule has 20 heavy (non-hydrogen) atoms. The molecule has 0 saturated carbocycles. The first-order valence-electron chi connectivity index (χ1n) is 6.07. The summed E-state index contributed by atoms with van der Waals surface area (Å²) >= 11 is 0. The molecule has 0 heterocycles. The van der Waals surface area contributed by atoms with E-state index < -0.39 is 31.5 Å². The lowest BCUT2D eigenvalue weighted by Gasteiger charge is -2.28. The van der Waals surface area contributed by atoms with Crippen molar-refractivity contribution in [3.8, 4) is 0 Å². The van der Waals surface area contributed by atoms with Crippen molar-refractivity contribution < 1.29 is 29.3 Å². The summed E-state index contributed by atoms with van der Waals surface area (Å²) in [6, 6.07) is 8.68. The standard InChI is InChI=1S/C13H17O6P/c14-11(15)6-7-13(12(16)17,9-20(18)19)8-10-4-2-1-3-5-10/h1-5,20H,6-9H2,(H,14,15)(H,16,17)(H,18,19). The van der Waals surface area contributed by atoms with Crippen molar-refractivity contribution in [2.24, 2.45) is 5.41 Å². The number of hydrogen-bond acceptors (Lipinski definition) is 3. The van der Waals surface area contributed by atoms with E-state index in [9.17, 15) is 19.3 Å². The zero-order chi connectivity index (χ0) is 15.2. The first kappa shape index (κ1) is 16.4. The van der Waals surface area contributed by atoms with E-state index in [1.54, 1.807) is 30.3 Å². The highest BCUT2D eigenvalue weighted by atomic mass is 31.1. The Labute approximate surface area is 116 Å². The van der Waals surface area contributed by atoms with E-state index in [1.165, 1.54) is 0 Å². The first-order valence-corrected chi connectivity index (χ1v) is 7.63. The van der Waals surface area contributed by atoms with Crippen LogP contribution in [0.1, 0.15) is 18.4 Å². The normalized spacial score (nSPS) is 15.2. The Morgan fingerprint density at radius 3 is 2.20 bits per heavy atom. The van der Waals surface area contributed by atoms with Gasteiger partial charge in [0.15, 0.2) is 8.03 Å². The molecule has 0 radical (unpaired) electrons. The summed E-state index contributed by atoms with van der Waals surface area (Å²) in [7, 11) is -3.03. The van der Waals surface area contributed by atoms with Crippen molar-refractivity contribution in [2.75, 3.05) is 6.16 Å². The van der Waals surface area contributed by atoms with Gasteiger partial charge in [0.2, 0.25) is 0 Å². The number of carboxylic acids is 2. The Morgan fingerprint density at radius 2 is 1.75 bits per heavy atom. The van der Waals surface area contributed by atoms with E-state index in [0.717, 1.165) is 0 Å². The van der Waals surface area contributed by atoms with Gasteiger partial charge in [0, 0.05) is 12.6 Å². The fraction of sp³-hybridized carbons (Fsp3) is 0.385. The maximum Gasteiger partial charge on any atom is 0.310 e. The van der Waals surface area contributed by atoms with Crippen LogP contribution in [0, 0.1) is 5.41 Å². The van der Waals surface area contributed by atoms with Gasteiger partial charge in [-0.15, -0.1) is 0 Å². The van der Waals surface area contributed by atoms with E-state index in [-0.39, 0.29) is 19.3 Å². The van der Waals surface area contributed by atoms with Crippen LogP contribution in [-0.2, 0) is 20.6 Å². The summed E-state index contributed by atoms with van der Waals surface area (Å²) in [5.74, 6) is -2.36. The van der Waals surface area contributed by atoms with Crippen LogP contribution in [0.2, 0.25) is 0 Å². The predicted octanol–water partition coefficient (Wildman–Crippen LogP) is 1.63. The molecule has 1 aromatic rings. The molecule has 2 unspecified atom stereocenters. The van der Waals surface area contributed by atoms with Gasteiger partial charge in [0.25, 0.3) is 0 Å². The minimum absolute atomic E-state index is 0.0351. The van der Waals surface area contributed by atoms with E-state index in [2.05, 4.69) is 0 Å². The average Bonchev–Trinajstić information content (AvgIpc) is 2.36. The molecule has 0 amide bonds. The van der Waals surface area contributed by atoms with Crippen LogP contribution < -0.4 is 0 Å². The second-order valence-electron chi connectivity index (χ2n) is 4.71. The van der Waals surface area contributed by atoms with Gasteiger partial charge in [0.1, 0.15) is 0 Å². The zero-order valence-electron chi connectivity index (χ0n) is 10.8. The van der Waals surface area contributed by atoms with E-state index in [1.807, 2.05) is 0 Å². The summed E-state index contributed by atoms with van der Waals surface area (Å²) in [4.78, 5) is 31.3. The Hall–Kier alpha value is -1.65. The molecule has 0 fully saturated rings. The van der Waals surface area contributed by atoms with E-state index in [0.29, 0.717) is 5.56 Å². The molecule has 0 aromatic heterocycles. The molecule has 110 valence electrons. The molecular formula is C13H17O6P. The van der Waals surface area contributed by atoms with Gasteiger partial charge in [0.05, 0.1) is 5.41 Å². The molecular weight excluding hydrogens is 283 g/mol. The third kappa shape index (κ3) is 4.79. The number of benzene rings is 1. The minimum Gasteiger partial charge on any atom is -0.481 e. The van der Waals surface area contributed by atoms with Crippen LogP contribution in [0.5, 0.6) is 0 Å². The van der Waals surface area contributed by atoms with Gasteiger partial charge >= 0.3 is 11.9 Å². The lowest BCUT2D eigenvalue weighted by molar-refractivity contribution is -0.149. The Kier molecular flexibility index (Phi) is 5.92. The van der Waals surface area contributed by atoms with E-state index >= 15 is 0 Å². The van der Waals surface area contributed by atoms with Gasteiger partial charge < -0.3 is 15.1 Å². The third-order valence-corrected chi connectivity index (χ3v) is 4.13. The van der Waals surface area contributed by atoms with Crippen LogP contribution in [0.3, 0.4) is 0 Å². The summed E-state index contributed by atoms with van der Waals surface area (Å²) in [6.07, 6.45) is -0.916. The summed E-state index contributed by atoms with van der Waals surface area (Å²) < 4.78 is 11.1. The highest BCUT2D eigenvalue weighted by Crippen LogP contribution is 2.37. The largest absolute Gasteiger partial charge is 0.481 e. The molecule has 1 aromatic carbocycles. The van der Waals surface area contributed by atoms with Crippen molar-refractivity contribution in [3.63, 3.8) is 0 Å². The van der Waals surface area contributed by atoms with Gasteiger partial charge in [-0.05, 0) is 18.4 Å². The molecule has 6 nitrogen and oxygen atoms in total. The smallest absolute Gasteiger partial charge is 0.310 e. The number of carbonyl (C=O) groups is 2. The highest BCUT2D eigenvalue weighted by Gasteiger charge is 2.40. The quantitative estimate of drug-likeness (QED) is 0.629. The fourth-order valence-electron chi connectivity index (χ4n) is 2.12. The maximum atomic E-state index is 11.5. The summed E-state index contributed by atoms with van der Waals surface area (Å²) in [6.45, 7) is 0. The molecule has 7 heteroatoms. The van der Waals surface area contributed by atoms with Crippen molar-refractivity contribution in [2.45, 2.75) is 19.3 Å². The maximum absolute atomic E-state index is 11.5. The van der Waals surface area contributed by atoms with Crippen LogP contribution in [0.15, 0.2) is 30.3 Å². The van der Waals surface area contributed by atoms with Gasteiger partial charge in [-0.3, -0.25) is 14.2 Å². The van der Waals surface area contributed by atoms with Gasteiger partial charge in [-0.25, -0.2) is 0 Å². The number of rotatable bonds is 8. The number of carboxylic acid groups (broad SMARTS) is 2. The molecule has 0 aliphatic carbocycles. The lowest BCUT2D eigenvalue weighted by atomic mass is 9.79. The molecule has 1 rings (SSSR count). The van der Waals surface area contributed by atoms with Crippen LogP contribution in [0.4, 0.5) is 0 Å². The summed E-state index contributed by atoms with van der Waals surface area (Å²) in [5.41, 5.74) is -0.826. The molecule has 0 aliphatic heterocycles. The highest BCUT2D eigenvalue weighted by molar-refractivity contribution is 7.38. The molecule has 0 spiro atoms. The Bertz CT molecular complexity index is 501. The lowest BCUT2D eigenvalue weighted by Crippen LogP contribution is -2.36. The van der Waals surface area contributed by atoms with Crippen LogP contribution in [-0.4, -0.2) is 33.2 Å². The zero-order valence-corrected chi connectivity index (χ0v) is 11.8. The first-order chi connectivity index (χ1) is 9.35. The Morgan fingerprint density at radius 1 is 1.15 bits per heavy atom. The Balaban J connectivity index is 3.04. The van der Waals surface area contributed by atoms with Crippen molar-refractivity contribution in [1.29, 1.82) is 0 Å². The molecule has 3 N–H and O–H groups in total. The molecule has 0 saturated heterocycles. The predicted molar refractivity (Wildman–Crippen MR) is 73.2 cm³/mol. The van der Waals surface area contributed by atoms with Crippen LogP contribution in [0.25, 0.3) is 0 Å². The summed E-state index contributed by atoms with van der Waals surface area (Å²) in [5, 5.41) is 18.2. The minimum atomic E-state index is -3.03. The third-order valence-electron chi connectivity index (χ3n) is 3.15. The van der Waals surface area contributed by atoms with Crippen LogP contribution >= 0.6 is 8.03 Å². The van der Waals surface area contributed by atoms with E-state index in [4.69, 9.17) is 10.00 Å². The second kappa shape index (κ2) is 7.22. The molecule has 0 bridgehead atoms. The average molecular weight is 300 g/mol. The number of aliphatic carboxylic acids is 2. The topological polar surface area (TPSA) is 112 Å². The second-order valence-corrected chi connectivity index (χ2v) is 5.85. The van der Waals surface area contributed by atoms with Crippen molar-refractivity contribution in [1.82, 2.24) is 0 Å². The van der Waals surface area contributed by atoms with Gasteiger partial charge in [-0.1, -0.05) is 30.3 Å². The molecule has 0 aliphatic rings. The fourth-order valence-corrected chi connectivity index (χ4v) is 3.15. The monoisotopic (exact) mass is 300 g/mol. The number of hydrogen-bond donors (Lipinski definition) is 3.